The van der Waals surface area contributed by atoms with Gasteiger partial charge in [0.05, 0.1) is 5.52 Å². The van der Waals surface area contributed by atoms with Gasteiger partial charge in [0.15, 0.2) is 5.82 Å². The number of carbonyl (C=O) groups excluding carboxylic acids is 1. The number of carbonyl (C=O) groups is 2. The van der Waals surface area contributed by atoms with Crippen LogP contribution in [0.25, 0.3) is 10.9 Å². The molecule has 0 bridgehead atoms. The van der Waals surface area contributed by atoms with Crippen molar-refractivity contribution >= 4 is 28.6 Å². The summed E-state index contributed by atoms with van der Waals surface area (Å²) in [6.07, 6.45) is -4.08. The number of H-pyrrole nitrogens is 2. The van der Waals surface area contributed by atoms with Gasteiger partial charge in [-0.1, -0.05) is 18.2 Å². The van der Waals surface area contributed by atoms with Crippen molar-refractivity contribution in [1.82, 2.24) is 20.4 Å². The number of amides is 1. The highest BCUT2D eigenvalue weighted by molar-refractivity contribution is 5.90. The number of para-hydroxylation sites is 1. The molecule has 1 aromatic carbocycles. The SMILES string of the molecule is Cc1cc(NC(=O)CCc2[nH]nc3ccccc23)n[nH]1.O=C(O)C(F)(F)F. The molecule has 11 heteroatoms. The Morgan fingerprint density at radius 3 is 2.44 bits per heavy atom. The predicted molar refractivity (Wildman–Crippen MR) is 90.1 cm³/mol. The molecular formula is C16H16F3N5O3. The molecule has 0 saturated heterocycles. The van der Waals surface area contributed by atoms with Crippen LogP contribution < -0.4 is 5.32 Å². The van der Waals surface area contributed by atoms with Gasteiger partial charge in [-0.3, -0.25) is 15.0 Å². The molecule has 8 nitrogen and oxygen atoms in total. The Kier molecular flexibility index (Phi) is 6.16. The normalized spacial score (nSPS) is 11.0. The van der Waals surface area contributed by atoms with Crippen LogP contribution in [0.15, 0.2) is 30.3 Å². The van der Waals surface area contributed by atoms with Crippen LogP contribution in [0.3, 0.4) is 0 Å². The van der Waals surface area contributed by atoms with E-state index in [2.05, 4.69) is 25.7 Å². The Balaban J connectivity index is 0.000000321. The van der Waals surface area contributed by atoms with Crippen LogP contribution in [-0.2, 0) is 16.0 Å². The van der Waals surface area contributed by atoms with Gasteiger partial charge < -0.3 is 10.4 Å². The monoisotopic (exact) mass is 383 g/mol. The topological polar surface area (TPSA) is 124 Å². The van der Waals surface area contributed by atoms with Crippen LogP contribution >= 0.6 is 0 Å². The number of aliphatic carboxylic acids is 1. The van der Waals surface area contributed by atoms with Gasteiger partial charge in [0.2, 0.25) is 5.91 Å². The molecule has 0 radical (unpaired) electrons. The van der Waals surface area contributed by atoms with E-state index < -0.39 is 12.1 Å². The van der Waals surface area contributed by atoms with E-state index in [9.17, 15) is 18.0 Å². The van der Waals surface area contributed by atoms with Gasteiger partial charge in [0.25, 0.3) is 0 Å². The molecule has 27 heavy (non-hydrogen) atoms. The molecule has 0 aliphatic rings. The molecule has 0 saturated carbocycles. The fourth-order valence-corrected chi connectivity index (χ4v) is 2.13. The number of aryl methyl sites for hydroxylation is 2. The highest BCUT2D eigenvalue weighted by Gasteiger charge is 2.38. The van der Waals surface area contributed by atoms with Crippen LogP contribution in [0.4, 0.5) is 19.0 Å². The Bertz CT molecular complexity index is 933. The molecule has 0 unspecified atom stereocenters. The standard InChI is InChI=1S/C14H15N5O.C2HF3O2/c1-9-8-13(19-16-9)15-14(20)7-6-12-10-4-2-3-5-11(10)17-18-12;3-2(4,5)1(6)7/h2-5,8H,6-7H2,1H3,(H,17,18)(H2,15,16,19,20);(H,6,7). The number of carboxylic acid groups (broad SMARTS) is 1. The van der Waals surface area contributed by atoms with Crippen molar-refractivity contribution < 1.29 is 27.9 Å². The van der Waals surface area contributed by atoms with E-state index in [-0.39, 0.29) is 5.91 Å². The largest absolute Gasteiger partial charge is 0.490 e. The van der Waals surface area contributed by atoms with E-state index in [1.54, 1.807) is 6.07 Å². The van der Waals surface area contributed by atoms with Gasteiger partial charge in [0, 0.05) is 29.3 Å². The second-order valence-corrected chi connectivity index (χ2v) is 5.51. The fraction of sp³-hybridized carbons (Fsp3) is 0.250. The molecule has 4 N–H and O–H groups in total. The number of hydrogen-bond donors (Lipinski definition) is 4. The van der Waals surface area contributed by atoms with E-state index in [0.717, 1.165) is 22.3 Å². The molecule has 2 aromatic heterocycles. The zero-order chi connectivity index (χ0) is 20.0. The summed E-state index contributed by atoms with van der Waals surface area (Å²) in [5.41, 5.74) is 2.82. The third-order valence-electron chi connectivity index (χ3n) is 3.36. The van der Waals surface area contributed by atoms with Gasteiger partial charge in [0.1, 0.15) is 0 Å². The maximum absolute atomic E-state index is 11.9. The Labute approximate surface area is 150 Å². The maximum atomic E-state index is 11.9. The first-order valence-corrected chi connectivity index (χ1v) is 7.71. The number of alkyl halides is 3. The molecule has 0 spiro atoms. The minimum absolute atomic E-state index is 0.0600. The van der Waals surface area contributed by atoms with Gasteiger partial charge in [-0.25, -0.2) is 4.79 Å². The van der Waals surface area contributed by atoms with Crippen molar-refractivity contribution in [3.8, 4) is 0 Å². The third-order valence-corrected chi connectivity index (χ3v) is 3.36. The molecule has 0 fully saturated rings. The summed E-state index contributed by atoms with van der Waals surface area (Å²) in [5.74, 6) is -2.26. The van der Waals surface area contributed by atoms with E-state index in [1.807, 2.05) is 31.2 Å². The molecule has 3 aromatic rings. The van der Waals surface area contributed by atoms with Gasteiger partial charge in [-0.05, 0) is 19.4 Å². The lowest BCUT2D eigenvalue weighted by Crippen LogP contribution is -2.21. The quantitative estimate of drug-likeness (QED) is 0.552. The molecule has 1 amide bonds. The summed E-state index contributed by atoms with van der Waals surface area (Å²) in [6.45, 7) is 1.89. The molecule has 144 valence electrons. The number of fused-ring (bicyclic) bond motifs is 1. The first kappa shape index (κ1) is 19.9. The van der Waals surface area contributed by atoms with Crippen LogP contribution in [0.1, 0.15) is 17.8 Å². The molecular weight excluding hydrogens is 367 g/mol. The number of aromatic nitrogens is 4. The summed E-state index contributed by atoms with van der Waals surface area (Å²) in [4.78, 5) is 20.7. The zero-order valence-electron chi connectivity index (χ0n) is 14.1. The minimum Gasteiger partial charge on any atom is -0.475 e. The Morgan fingerprint density at radius 1 is 1.19 bits per heavy atom. The number of rotatable bonds is 4. The Morgan fingerprint density at radius 2 is 1.85 bits per heavy atom. The van der Waals surface area contributed by atoms with Crippen LogP contribution in [0.2, 0.25) is 0 Å². The second-order valence-electron chi connectivity index (χ2n) is 5.51. The number of carboxylic acids is 1. The number of anilines is 1. The molecule has 2 heterocycles. The van der Waals surface area contributed by atoms with Crippen molar-refractivity contribution in [2.24, 2.45) is 0 Å². The summed E-state index contributed by atoms with van der Waals surface area (Å²) in [7, 11) is 0. The van der Waals surface area contributed by atoms with Crippen LogP contribution in [-0.4, -0.2) is 43.6 Å². The predicted octanol–water partition coefficient (Wildman–Crippen LogP) is 2.80. The molecule has 3 rings (SSSR count). The number of halogens is 3. The minimum atomic E-state index is -5.08. The lowest BCUT2D eigenvalue weighted by atomic mass is 10.1. The average Bonchev–Trinajstić information content (AvgIpc) is 3.19. The van der Waals surface area contributed by atoms with Gasteiger partial charge >= 0.3 is 12.1 Å². The van der Waals surface area contributed by atoms with Gasteiger partial charge in [-0.2, -0.15) is 23.4 Å². The maximum Gasteiger partial charge on any atom is 0.490 e. The van der Waals surface area contributed by atoms with Gasteiger partial charge in [-0.15, -0.1) is 0 Å². The van der Waals surface area contributed by atoms with Crippen molar-refractivity contribution in [2.45, 2.75) is 25.9 Å². The van der Waals surface area contributed by atoms with Crippen molar-refractivity contribution in [3.63, 3.8) is 0 Å². The highest BCUT2D eigenvalue weighted by Crippen LogP contribution is 2.16. The lowest BCUT2D eigenvalue weighted by molar-refractivity contribution is -0.192. The van der Waals surface area contributed by atoms with Crippen LogP contribution in [0, 0.1) is 6.92 Å². The average molecular weight is 383 g/mol. The summed E-state index contributed by atoms with van der Waals surface area (Å²) in [6, 6.07) is 9.65. The molecule has 0 aliphatic heterocycles. The molecule has 0 aliphatic carbocycles. The van der Waals surface area contributed by atoms with E-state index in [1.165, 1.54) is 0 Å². The van der Waals surface area contributed by atoms with Crippen molar-refractivity contribution in [1.29, 1.82) is 0 Å². The van der Waals surface area contributed by atoms with E-state index >= 15 is 0 Å². The number of hydrogen-bond acceptors (Lipinski definition) is 4. The van der Waals surface area contributed by atoms with E-state index in [0.29, 0.717) is 18.7 Å². The summed E-state index contributed by atoms with van der Waals surface area (Å²) >= 11 is 0. The van der Waals surface area contributed by atoms with Crippen molar-refractivity contribution in [3.05, 3.63) is 41.7 Å². The smallest absolute Gasteiger partial charge is 0.475 e. The second kappa shape index (κ2) is 8.34. The first-order chi connectivity index (χ1) is 12.7. The van der Waals surface area contributed by atoms with Crippen LogP contribution in [0.5, 0.6) is 0 Å². The van der Waals surface area contributed by atoms with Crippen molar-refractivity contribution in [2.75, 3.05) is 5.32 Å². The fourth-order valence-electron chi connectivity index (χ4n) is 2.13. The third kappa shape index (κ3) is 5.83. The number of aromatic amines is 2. The van der Waals surface area contributed by atoms with E-state index in [4.69, 9.17) is 9.90 Å². The lowest BCUT2D eigenvalue weighted by Gasteiger charge is -2.01. The first-order valence-electron chi connectivity index (χ1n) is 7.71. The number of nitrogens with one attached hydrogen (secondary N) is 3. The summed E-state index contributed by atoms with van der Waals surface area (Å²) < 4.78 is 31.7. The summed E-state index contributed by atoms with van der Waals surface area (Å²) in [5, 5.41) is 24.9. The Hall–Kier alpha value is -3.37. The number of benzene rings is 1. The number of nitrogens with zero attached hydrogens (tertiary/aromatic N) is 2. The molecule has 0 atom stereocenters. The zero-order valence-corrected chi connectivity index (χ0v) is 14.1. The highest BCUT2D eigenvalue weighted by atomic mass is 19.4.